The van der Waals surface area contributed by atoms with E-state index >= 15 is 0 Å². The molecule has 6 unspecified atom stereocenters. The molecule has 1 saturated heterocycles. The fourth-order valence-corrected chi connectivity index (χ4v) is 14.2. The van der Waals surface area contributed by atoms with Crippen molar-refractivity contribution >= 4 is 26.5 Å². The molecule has 0 amide bonds. The Kier molecular flexibility index (Phi) is 3.83. The lowest BCUT2D eigenvalue weighted by molar-refractivity contribution is 0.400. The highest BCUT2D eigenvalue weighted by atomic mass is 31.1. The molecule has 0 saturated carbocycles. The molecule has 3 heterocycles. The van der Waals surface area contributed by atoms with Gasteiger partial charge in [-0.1, -0.05) is 98.0 Å². The molecule has 2 heteroatoms. The van der Waals surface area contributed by atoms with E-state index in [0.29, 0.717) is 5.41 Å². The van der Waals surface area contributed by atoms with Crippen LogP contribution in [0.4, 0.5) is 0 Å². The zero-order chi connectivity index (χ0) is 18.1. The van der Waals surface area contributed by atoms with Crippen LogP contribution in [0.5, 0.6) is 0 Å². The molecule has 0 N–H and O–H groups in total. The van der Waals surface area contributed by atoms with Gasteiger partial charge in [-0.3, -0.25) is 0 Å². The summed E-state index contributed by atoms with van der Waals surface area (Å²) in [6.45, 7) is 9.87. The molecule has 0 aromatic heterocycles. The lowest BCUT2D eigenvalue weighted by Crippen LogP contribution is -2.40. The van der Waals surface area contributed by atoms with Crippen molar-refractivity contribution in [2.45, 2.75) is 44.7 Å². The summed E-state index contributed by atoms with van der Waals surface area (Å²) in [4.78, 5) is 0. The first-order valence-electron chi connectivity index (χ1n) is 9.58. The van der Waals surface area contributed by atoms with Crippen LogP contribution in [0.3, 0.4) is 0 Å². The summed E-state index contributed by atoms with van der Waals surface area (Å²) in [7, 11) is -0.380. The Balaban J connectivity index is 1.68. The Labute approximate surface area is 159 Å². The Bertz CT molecular complexity index is 912. The normalized spacial score (nSPS) is 37.8. The molecular weight excluding hydrogens is 350 g/mol. The summed E-state index contributed by atoms with van der Waals surface area (Å²) >= 11 is 0. The van der Waals surface area contributed by atoms with Gasteiger partial charge >= 0.3 is 0 Å². The van der Waals surface area contributed by atoms with Gasteiger partial charge in [-0.2, -0.15) is 0 Å². The molecule has 1 fully saturated rings. The Morgan fingerprint density at radius 2 is 1.35 bits per heavy atom. The third-order valence-corrected chi connectivity index (χ3v) is 14.0. The molecule has 0 radical (unpaired) electrons. The topological polar surface area (TPSA) is 0 Å². The summed E-state index contributed by atoms with van der Waals surface area (Å²) in [6, 6.07) is 22.7. The molecule has 2 aromatic carbocycles. The van der Waals surface area contributed by atoms with Crippen molar-refractivity contribution in [3.8, 4) is 0 Å². The molecule has 132 valence electrons. The third kappa shape index (κ3) is 2.04. The standard InChI is InChI=1S/C24H26P2/c1-16-15-25(19-11-7-5-8-12-19)23-21-17(2)18(3)22(24(16,23)4)26(21)20-13-9-6-10-14-20/h5-15,21-23H,1-4H3. The van der Waals surface area contributed by atoms with Crippen LogP contribution in [0.25, 0.3) is 0 Å². The largest absolute Gasteiger partial charge is 0.0653 e. The third-order valence-electron chi connectivity index (χ3n) is 7.13. The van der Waals surface area contributed by atoms with Gasteiger partial charge in [0.1, 0.15) is 0 Å². The Hall–Kier alpha value is -1.22. The molecule has 6 atom stereocenters. The van der Waals surface area contributed by atoms with Crippen molar-refractivity contribution in [2.24, 2.45) is 5.41 Å². The van der Waals surface area contributed by atoms with Gasteiger partial charge in [0, 0.05) is 22.4 Å². The van der Waals surface area contributed by atoms with Gasteiger partial charge in [0.2, 0.25) is 0 Å². The summed E-state index contributed by atoms with van der Waals surface area (Å²) in [5, 5.41) is 3.18. The summed E-state index contributed by atoms with van der Waals surface area (Å²) < 4.78 is 0. The average molecular weight is 376 g/mol. The number of hydrogen-bond acceptors (Lipinski definition) is 0. The smallest absolute Gasteiger partial charge is 0.0144 e. The molecular formula is C24H26P2. The number of fused-ring (bicyclic) bond motifs is 5. The second-order valence-electron chi connectivity index (χ2n) is 8.24. The summed E-state index contributed by atoms with van der Waals surface area (Å²) in [5.41, 5.74) is 7.66. The van der Waals surface area contributed by atoms with Crippen LogP contribution in [0.1, 0.15) is 27.7 Å². The van der Waals surface area contributed by atoms with E-state index in [2.05, 4.69) is 94.2 Å². The SMILES string of the molecule is CC1=CP(c2ccccc2)C2C3C(C)=C(C)C(P3c3ccccc3)C12C. The zero-order valence-corrected chi connectivity index (χ0v) is 17.8. The molecule has 2 aromatic rings. The molecule has 0 spiro atoms. The minimum Gasteiger partial charge on any atom is -0.0653 e. The minimum atomic E-state index is -0.226. The van der Waals surface area contributed by atoms with Crippen molar-refractivity contribution in [3.63, 3.8) is 0 Å². The quantitative estimate of drug-likeness (QED) is 0.446. The van der Waals surface area contributed by atoms with E-state index in [1.54, 1.807) is 27.3 Å². The van der Waals surface area contributed by atoms with Crippen molar-refractivity contribution < 1.29 is 0 Å². The van der Waals surface area contributed by atoms with Gasteiger partial charge in [0.25, 0.3) is 0 Å². The second-order valence-corrected chi connectivity index (χ2v) is 12.8. The lowest BCUT2D eigenvalue weighted by Gasteiger charge is -2.40. The predicted molar refractivity (Wildman–Crippen MR) is 118 cm³/mol. The van der Waals surface area contributed by atoms with Crippen molar-refractivity contribution in [2.75, 3.05) is 0 Å². The lowest BCUT2D eigenvalue weighted by atomic mass is 9.69. The first kappa shape index (κ1) is 16.9. The van der Waals surface area contributed by atoms with Crippen LogP contribution in [0.2, 0.25) is 0 Å². The molecule has 0 nitrogen and oxygen atoms in total. The van der Waals surface area contributed by atoms with E-state index in [4.69, 9.17) is 0 Å². The van der Waals surface area contributed by atoms with Crippen molar-refractivity contribution in [1.29, 1.82) is 0 Å². The van der Waals surface area contributed by atoms with E-state index in [1.165, 1.54) is 0 Å². The molecule has 3 aliphatic rings. The minimum absolute atomic E-state index is 0.154. The van der Waals surface area contributed by atoms with E-state index in [1.807, 2.05) is 0 Å². The van der Waals surface area contributed by atoms with Crippen LogP contribution in [0, 0.1) is 5.41 Å². The molecule has 0 aliphatic carbocycles. The van der Waals surface area contributed by atoms with Crippen molar-refractivity contribution in [3.05, 3.63) is 83.2 Å². The average Bonchev–Trinajstić information content (AvgIpc) is 3.20. The van der Waals surface area contributed by atoms with Crippen molar-refractivity contribution in [1.82, 2.24) is 0 Å². The highest BCUT2D eigenvalue weighted by Gasteiger charge is 2.66. The number of hydrogen-bond donors (Lipinski definition) is 0. The first-order valence-corrected chi connectivity index (χ1v) is 12.5. The van der Waals surface area contributed by atoms with Gasteiger partial charge < -0.3 is 0 Å². The number of allylic oxidation sites excluding steroid dienone is 3. The van der Waals surface area contributed by atoms with Gasteiger partial charge in [0.05, 0.1) is 0 Å². The highest BCUT2D eigenvalue weighted by Crippen LogP contribution is 2.81. The van der Waals surface area contributed by atoms with Gasteiger partial charge in [-0.15, -0.1) is 0 Å². The zero-order valence-electron chi connectivity index (χ0n) is 16.0. The molecule has 26 heavy (non-hydrogen) atoms. The predicted octanol–water partition coefficient (Wildman–Crippen LogP) is 5.99. The maximum Gasteiger partial charge on any atom is 0.0144 e. The number of rotatable bonds is 2. The Morgan fingerprint density at radius 3 is 1.96 bits per heavy atom. The van der Waals surface area contributed by atoms with Crippen LogP contribution in [-0.2, 0) is 0 Å². The molecule has 3 aliphatic heterocycles. The fraction of sp³-hybridized carbons (Fsp3) is 0.333. The maximum atomic E-state index is 2.67. The first-order chi connectivity index (χ1) is 12.5. The van der Waals surface area contributed by atoms with E-state index < -0.39 is 0 Å². The molecule has 2 bridgehead atoms. The van der Waals surface area contributed by atoms with Gasteiger partial charge in [0.15, 0.2) is 0 Å². The Morgan fingerprint density at radius 1 is 0.769 bits per heavy atom. The van der Waals surface area contributed by atoms with Gasteiger partial charge in [-0.25, -0.2) is 0 Å². The second kappa shape index (κ2) is 5.89. The van der Waals surface area contributed by atoms with Crippen LogP contribution in [-0.4, -0.2) is 17.0 Å². The number of benzene rings is 2. The van der Waals surface area contributed by atoms with Gasteiger partial charge in [-0.05, 0) is 39.3 Å². The van der Waals surface area contributed by atoms with E-state index in [-0.39, 0.29) is 15.8 Å². The molecule has 5 rings (SSSR count). The summed E-state index contributed by atoms with van der Waals surface area (Å²) in [5.74, 6) is 2.67. The highest BCUT2D eigenvalue weighted by molar-refractivity contribution is 7.74. The summed E-state index contributed by atoms with van der Waals surface area (Å²) in [6.07, 6.45) is 0. The maximum absolute atomic E-state index is 2.67. The van der Waals surface area contributed by atoms with Crippen LogP contribution in [0.15, 0.2) is 83.2 Å². The fourth-order valence-electron chi connectivity index (χ4n) is 5.71. The van der Waals surface area contributed by atoms with E-state index in [9.17, 15) is 0 Å². The van der Waals surface area contributed by atoms with E-state index in [0.717, 1.165) is 17.0 Å². The van der Waals surface area contributed by atoms with Crippen LogP contribution >= 0.6 is 15.8 Å². The van der Waals surface area contributed by atoms with Crippen LogP contribution < -0.4 is 10.6 Å². The monoisotopic (exact) mass is 376 g/mol.